The molecule has 0 aliphatic carbocycles. The molecule has 1 aromatic carbocycles. The van der Waals surface area contributed by atoms with Crippen molar-refractivity contribution in [1.82, 2.24) is 5.32 Å². The number of aliphatic hydroxyl groups excluding tert-OH is 1. The Labute approximate surface area is 110 Å². The van der Waals surface area contributed by atoms with E-state index in [1.165, 1.54) is 0 Å². The summed E-state index contributed by atoms with van der Waals surface area (Å²) >= 11 is 3.42. The van der Waals surface area contributed by atoms with Crippen LogP contribution in [0.25, 0.3) is 0 Å². The molecule has 17 heavy (non-hydrogen) atoms. The monoisotopic (exact) mass is 303 g/mol. The van der Waals surface area contributed by atoms with Crippen molar-refractivity contribution in [2.75, 3.05) is 27.8 Å². The topological polar surface area (TPSA) is 50.7 Å². The Balaban J connectivity index is 3.30. The van der Waals surface area contributed by atoms with Gasteiger partial charge in [-0.05, 0) is 41.5 Å². The summed E-state index contributed by atoms with van der Waals surface area (Å²) in [5.74, 6) is 1.29. The van der Waals surface area contributed by atoms with Crippen molar-refractivity contribution in [1.29, 1.82) is 0 Å². The molecular weight excluding hydrogens is 286 g/mol. The zero-order valence-corrected chi connectivity index (χ0v) is 12.1. The summed E-state index contributed by atoms with van der Waals surface area (Å²) in [6.07, 6.45) is -0.573. The number of hydrogen-bond acceptors (Lipinski definition) is 4. The average Bonchev–Trinajstić information content (AvgIpc) is 2.31. The molecule has 0 bridgehead atoms. The molecule has 0 aliphatic heterocycles. The molecule has 1 atom stereocenters. The highest BCUT2D eigenvalue weighted by atomic mass is 79.9. The van der Waals surface area contributed by atoms with Gasteiger partial charge in [0.15, 0.2) is 11.5 Å². The van der Waals surface area contributed by atoms with E-state index in [1.807, 2.05) is 13.0 Å². The third-order valence-corrected chi connectivity index (χ3v) is 3.23. The fraction of sp³-hybridized carbons (Fsp3) is 0.500. The van der Waals surface area contributed by atoms with Gasteiger partial charge in [-0.1, -0.05) is 0 Å². The molecule has 0 radical (unpaired) electrons. The number of halogens is 1. The SMILES string of the molecule is CNCC(O)c1cc(Br)c(OC)c(OC)c1C. The van der Waals surface area contributed by atoms with Crippen molar-refractivity contribution in [2.45, 2.75) is 13.0 Å². The van der Waals surface area contributed by atoms with Gasteiger partial charge in [0.25, 0.3) is 0 Å². The number of likely N-dealkylation sites (N-methyl/N-ethyl adjacent to an activating group) is 1. The van der Waals surface area contributed by atoms with Crippen LogP contribution in [0.1, 0.15) is 17.2 Å². The second kappa shape index (κ2) is 6.23. The van der Waals surface area contributed by atoms with E-state index in [0.717, 1.165) is 15.6 Å². The van der Waals surface area contributed by atoms with Crippen molar-refractivity contribution < 1.29 is 14.6 Å². The van der Waals surface area contributed by atoms with E-state index < -0.39 is 6.10 Å². The van der Waals surface area contributed by atoms with Gasteiger partial charge in [0.1, 0.15) is 0 Å². The maximum Gasteiger partial charge on any atom is 0.175 e. The Kier molecular flexibility index (Phi) is 5.24. The molecule has 2 N–H and O–H groups in total. The van der Waals surface area contributed by atoms with E-state index in [0.29, 0.717) is 18.0 Å². The summed E-state index contributed by atoms with van der Waals surface area (Å²) in [6.45, 7) is 2.39. The molecule has 0 saturated carbocycles. The molecule has 5 heteroatoms. The van der Waals surface area contributed by atoms with Crippen LogP contribution in [0.4, 0.5) is 0 Å². The highest BCUT2D eigenvalue weighted by Gasteiger charge is 2.19. The Morgan fingerprint density at radius 1 is 1.35 bits per heavy atom. The van der Waals surface area contributed by atoms with Gasteiger partial charge in [0.2, 0.25) is 0 Å². The lowest BCUT2D eigenvalue weighted by Gasteiger charge is -2.19. The first-order chi connectivity index (χ1) is 8.06. The second-order valence-corrected chi connectivity index (χ2v) is 4.57. The summed E-state index contributed by atoms with van der Waals surface area (Å²) in [6, 6.07) is 1.86. The van der Waals surface area contributed by atoms with Crippen molar-refractivity contribution in [2.24, 2.45) is 0 Å². The normalized spacial score (nSPS) is 12.4. The van der Waals surface area contributed by atoms with Gasteiger partial charge in [-0.3, -0.25) is 0 Å². The highest BCUT2D eigenvalue weighted by Crippen LogP contribution is 2.41. The zero-order valence-electron chi connectivity index (χ0n) is 10.5. The molecule has 1 rings (SSSR count). The number of aliphatic hydroxyl groups is 1. The van der Waals surface area contributed by atoms with Crippen LogP contribution in [0, 0.1) is 6.92 Å². The maximum atomic E-state index is 10.0. The third kappa shape index (κ3) is 2.91. The molecular formula is C12H18BrNO3. The summed E-state index contributed by atoms with van der Waals surface area (Å²) in [7, 11) is 4.98. The van der Waals surface area contributed by atoms with E-state index >= 15 is 0 Å². The number of benzene rings is 1. The molecule has 96 valence electrons. The van der Waals surface area contributed by atoms with Crippen LogP contribution in [0.5, 0.6) is 11.5 Å². The van der Waals surface area contributed by atoms with Crippen LogP contribution in [-0.2, 0) is 0 Å². The van der Waals surface area contributed by atoms with E-state index in [1.54, 1.807) is 21.3 Å². The number of methoxy groups -OCH3 is 2. The Hall–Kier alpha value is -0.780. The minimum absolute atomic E-state index is 0.489. The van der Waals surface area contributed by atoms with Gasteiger partial charge in [0, 0.05) is 12.1 Å². The second-order valence-electron chi connectivity index (χ2n) is 3.71. The van der Waals surface area contributed by atoms with E-state index in [9.17, 15) is 5.11 Å². The first kappa shape index (κ1) is 14.3. The van der Waals surface area contributed by atoms with Crippen LogP contribution in [0.2, 0.25) is 0 Å². The summed E-state index contributed by atoms with van der Waals surface area (Å²) in [5, 5.41) is 13.0. The standard InChI is InChI=1S/C12H18BrNO3/c1-7-8(10(15)6-14-2)5-9(13)12(17-4)11(7)16-3/h5,10,14-15H,6H2,1-4H3. The van der Waals surface area contributed by atoms with Crippen LogP contribution in [0.15, 0.2) is 10.5 Å². The Morgan fingerprint density at radius 2 is 1.94 bits per heavy atom. The van der Waals surface area contributed by atoms with Crippen LogP contribution < -0.4 is 14.8 Å². The van der Waals surface area contributed by atoms with Crippen LogP contribution in [-0.4, -0.2) is 32.9 Å². The van der Waals surface area contributed by atoms with Gasteiger partial charge in [0.05, 0.1) is 24.8 Å². The van der Waals surface area contributed by atoms with Gasteiger partial charge in [-0.15, -0.1) is 0 Å². The summed E-state index contributed by atoms with van der Waals surface area (Å²) < 4.78 is 11.4. The highest BCUT2D eigenvalue weighted by molar-refractivity contribution is 9.10. The average molecular weight is 304 g/mol. The molecule has 0 amide bonds. The van der Waals surface area contributed by atoms with Crippen LogP contribution >= 0.6 is 15.9 Å². The molecule has 0 aromatic heterocycles. The first-order valence-electron chi connectivity index (χ1n) is 5.30. The summed E-state index contributed by atoms with van der Waals surface area (Å²) in [5.41, 5.74) is 1.71. The predicted molar refractivity (Wildman–Crippen MR) is 70.9 cm³/mol. The molecule has 0 heterocycles. The third-order valence-electron chi connectivity index (χ3n) is 2.64. The van der Waals surface area contributed by atoms with Crippen molar-refractivity contribution >= 4 is 15.9 Å². The zero-order chi connectivity index (χ0) is 13.0. The molecule has 1 unspecified atom stereocenters. The molecule has 1 aromatic rings. The Bertz CT molecular complexity index is 396. The molecule has 0 saturated heterocycles. The Morgan fingerprint density at radius 3 is 2.41 bits per heavy atom. The van der Waals surface area contributed by atoms with Crippen molar-refractivity contribution in [3.63, 3.8) is 0 Å². The van der Waals surface area contributed by atoms with Crippen molar-refractivity contribution in [3.8, 4) is 11.5 Å². The van der Waals surface area contributed by atoms with Crippen LogP contribution in [0.3, 0.4) is 0 Å². The molecule has 4 nitrogen and oxygen atoms in total. The lowest BCUT2D eigenvalue weighted by Crippen LogP contribution is -2.17. The quantitative estimate of drug-likeness (QED) is 0.874. The predicted octanol–water partition coefficient (Wildman–Crippen LogP) is 2.03. The first-order valence-corrected chi connectivity index (χ1v) is 6.09. The molecule has 0 aliphatic rings. The smallest absolute Gasteiger partial charge is 0.175 e. The largest absolute Gasteiger partial charge is 0.493 e. The summed E-state index contributed by atoms with van der Waals surface area (Å²) in [4.78, 5) is 0. The van der Waals surface area contributed by atoms with Gasteiger partial charge < -0.3 is 19.9 Å². The van der Waals surface area contributed by atoms with Gasteiger partial charge >= 0.3 is 0 Å². The maximum absolute atomic E-state index is 10.0. The van der Waals surface area contributed by atoms with Crippen molar-refractivity contribution in [3.05, 3.63) is 21.7 Å². The molecule has 0 spiro atoms. The number of ether oxygens (including phenoxy) is 2. The van der Waals surface area contributed by atoms with E-state index in [2.05, 4.69) is 21.2 Å². The minimum Gasteiger partial charge on any atom is -0.493 e. The number of nitrogens with one attached hydrogen (secondary N) is 1. The number of rotatable bonds is 5. The fourth-order valence-corrected chi connectivity index (χ4v) is 2.39. The van der Waals surface area contributed by atoms with Gasteiger partial charge in [-0.25, -0.2) is 0 Å². The lowest BCUT2D eigenvalue weighted by molar-refractivity contribution is 0.176. The molecule has 0 fully saturated rings. The minimum atomic E-state index is -0.573. The fourth-order valence-electron chi connectivity index (χ4n) is 1.81. The lowest BCUT2D eigenvalue weighted by atomic mass is 10.0. The van der Waals surface area contributed by atoms with E-state index in [4.69, 9.17) is 9.47 Å². The number of hydrogen-bond donors (Lipinski definition) is 2. The van der Waals surface area contributed by atoms with E-state index in [-0.39, 0.29) is 0 Å². The van der Waals surface area contributed by atoms with Gasteiger partial charge in [-0.2, -0.15) is 0 Å².